The highest BCUT2D eigenvalue weighted by molar-refractivity contribution is 6.15. The third-order valence-electron chi connectivity index (χ3n) is 3.55. The van der Waals surface area contributed by atoms with E-state index in [2.05, 4.69) is 4.74 Å². The zero-order valence-electron chi connectivity index (χ0n) is 12.1. The number of Topliss-reactive ketones (excluding diaryl/α,β-unsaturated/α-hetero) is 1. The summed E-state index contributed by atoms with van der Waals surface area (Å²) in [6.07, 6.45) is -3.12. The Balaban J connectivity index is 1.91. The van der Waals surface area contributed by atoms with Gasteiger partial charge in [0, 0.05) is 17.6 Å². The van der Waals surface area contributed by atoms with Gasteiger partial charge in [0.2, 0.25) is 0 Å². The predicted molar refractivity (Wildman–Crippen MR) is 78.9 cm³/mol. The number of hydrogen-bond donors (Lipinski definition) is 2. The van der Waals surface area contributed by atoms with Gasteiger partial charge in [-0.15, -0.1) is 13.2 Å². The second kappa shape index (κ2) is 5.59. The molecule has 2 N–H and O–H groups in total. The molecule has 0 bridgehead atoms. The Hall–Kier alpha value is -2.96. The predicted octanol–water partition coefficient (Wildman–Crippen LogP) is 3.82. The van der Waals surface area contributed by atoms with Crippen molar-refractivity contribution >= 4 is 11.9 Å². The molecule has 0 amide bonds. The lowest BCUT2D eigenvalue weighted by molar-refractivity contribution is -0.274. The molecule has 7 heteroatoms. The Labute approximate surface area is 134 Å². The first-order chi connectivity index (χ1) is 11.2. The van der Waals surface area contributed by atoms with Crippen molar-refractivity contribution < 1.29 is 32.9 Å². The van der Waals surface area contributed by atoms with Crippen LogP contribution in [-0.2, 0) is 6.42 Å². The Morgan fingerprint density at radius 2 is 1.79 bits per heavy atom. The number of aromatic hydroxyl groups is 2. The molecule has 0 aromatic heterocycles. The van der Waals surface area contributed by atoms with E-state index in [1.54, 1.807) is 6.07 Å². The number of carbonyl (C=O) groups excluding carboxylic acids is 1. The van der Waals surface area contributed by atoms with Crippen molar-refractivity contribution in [2.45, 2.75) is 12.8 Å². The third kappa shape index (κ3) is 3.19. The third-order valence-corrected chi connectivity index (χ3v) is 3.55. The van der Waals surface area contributed by atoms with Gasteiger partial charge in [0.25, 0.3) is 0 Å². The van der Waals surface area contributed by atoms with Gasteiger partial charge in [-0.05, 0) is 41.5 Å². The Bertz CT molecular complexity index is 853. The van der Waals surface area contributed by atoms with Gasteiger partial charge >= 0.3 is 6.36 Å². The molecule has 0 heterocycles. The van der Waals surface area contributed by atoms with Gasteiger partial charge < -0.3 is 14.9 Å². The number of hydrogen-bond acceptors (Lipinski definition) is 4. The number of carbonyl (C=O) groups is 1. The SMILES string of the molecule is O=C1C(=Cc2cccc(OC(F)(F)F)c2)Cc2cc(O)c(O)cc21. The van der Waals surface area contributed by atoms with Gasteiger partial charge in [-0.3, -0.25) is 4.79 Å². The minimum Gasteiger partial charge on any atom is -0.504 e. The van der Waals surface area contributed by atoms with Crippen molar-refractivity contribution in [3.63, 3.8) is 0 Å². The standard InChI is InChI=1S/C17H11F3O4/c18-17(19,20)24-12-3-1-2-9(5-12)4-11-6-10-7-14(21)15(22)8-13(10)16(11)23/h1-5,7-8,21-22H,6H2. The largest absolute Gasteiger partial charge is 0.573 e. The Kier molecular flexibility index (Phi) is 3.71. The summed E-state index contributed by atoms with van der Waals surface area (Å²) in [5.41, 5.74) is 1.53. The smallest absolute Gasteiger partial charge is 0.504 e. The molecule has 4 nitrogen and oxygen atoms in total. The summed E-state index contributed by atoms with van der Waals surface area (Å²) < 4.78 is 40.6. The van der Waals surface area contributed by atoms with E-state index in [-0.39, 0.29) is 29.3 Å². The van der Waals surface area contributed by atoms with Gasteiger partial charge in [0.15, 0.2) is 17.3 Å². The molecule has 3 rings (SSSR count). The number of phenolic OH excluding ortho intramolecular Hbond substituents is 2. The first kappa shape index (κ1) is 15.9. The summed E-state index contributed by atoms with van der Waals surface area (Å²) in [6.45, 7) is 0. The molecule has 24 heavy (non-hydrogen) atoms. The number of alkyl halides is 3. The minimum atomic E-state index is -4.79. The molecule has 0 saturated carbocycles. The van der Waals surface area contributed by atoms with Gasteiger partial charge in [-0.1, -0.05) is 12.1 Å². The van der Waals surface area contributed by atoms with E-state index in [4.69, 9.17) is 0 Å². The van der Waals surface area contributed by atoms with E-state index in [9.17, 15) is 28.2 Å². The highest BCUT2D eigenvalue weighted by Gasteiger charge is 2.31. The fourth-order valence-corrected chi connectivity index (χ4v) is 2.56. The maximum Gasteiger partial charge on any atom is 0.573 e. The van der Waals surface area contributed by atoms with E-state index in [0.717, 1.165) is 6.07 Å². The molecule has 2 aromatic carbocycles. The summed E-state index contributed by atoms with van der Waals surface area (Å²) in [5.74, 6) is -1.45. The maximum absolute atomic E-state index is 12.3. The van der Waals surface area contributed by atoms with Crippen LogP contribution in [-0.4, -0.2) is 22.4 Å². The normalized spacial score (nSPS) is 15.6. The van der Waals surface area contributed by atoms with Crippen molar-refractivity contribution in [3.05, 3.63) is 58.7 Å². The van der Waals surface area contributed by atoms with Gasteiger partial charge in [-0.2, -0.15) is 0 Å². The zero-order valence-corrected chi connectivity index (χ0v) is 12.1. The zero-order chi connectivity index (χ0) is 17.5. The molecule has 1 aliphatic rings. The van der Waals surface area contributed by atoms with Crippen LogP contribution in [0.15, 0.2) is 42.0 Å². The first-order valence-electron chi connectivity index (χ1n) is 6.89. The highest BCUT2D eigenvalue weighted by Crippen LogP contribution is 2.36. The second-order valence-electron chi connectivity index (χ2n) is 5.29. The quantitative estimate of drug-likeness (QED) is 0.646. The highest BCUT2D eigenvalue weighted by atomic mass is 19.4. The fourth-order valence-electron chi connectivity index (χ4n) is 2.56. The van der Waals surface area contributed by atoms with E-state index in [0.29, 0.717) is 16.7 Å². The van der Waals surface area contributed by atoms with Crippen LogP contribution in [0.25, 0.3) is 6.08 Å². The van der Waals surface area contributed by atoms with Crippen LogP contribution in [0, 0.1) is 0 Å². The second-order valence-corrected chi connectivity index (χ2v) is 5.29. The molecular formula is C17H11F3O4. The fraction of sp³-hybridized carbons (Fsp3) is 0.118. The van der Waals surface area contributed by atoms with Crippen molar-refractivity contribution in [2.24, 2.45) is 0 Å². The monoisotopic (exact) mass is 336 g/mol. The number of benzene rings is 2. The number of ketones is 1. The summed E-state index contributed by atoms with van der Waals surface area (Å²) in [6, 6.07) is 7.74. The number of phenols is 2. The summed E-state index contributed by atoms with van der Waals surface area (Å²) >= 11 is 0. The molecule has 0 spiro atoms. The van der Waals surface area contributed by atoms with Gasteiger partial charge in [0.05, 0.1) is 0 Å². The summed E-state index contributed by atoms with van der Waals surface area (Å²) in [4.78, 5) is 12.3. The van der Waals surface area contributed by atoms with E-state index < -0.39 is 12.1 Å². The summed E-state index contributed by atoms with van der Waals surface area (Å²) in [7, 11) is 0. The molecule has 2 aromatic rings. The van der Waals surface area contributed by atoms with Crippen LogP contribution < -0.4 is 4.74 Å². The van der Waals surface area contributed by atoms with Crippen molar-refractivity contribution in [2.75, 3.05) is 0 Å². The molecule has 0 saturated heterocycles. The number of ether oxygens (including phenoxy) is 1. The number of fused-ring (bicyclic) bond motifs is 1. The molecule has 1 aliphatic carbocycles. The number of rotatable bonds is 2. The Morgan fingerprint density at radius 1 is 1.08 bits per heavy atom. The molecule has 0 unspecified atom stereocenters. The summed E-state index contributed by atoms with van der Waals surface area (Å²) in [5, 5.41) is 19.0. The van der Waals surface area contributed by atoms with Crippen molar-refractivity contribution in [1.82, 2.24) is 0 Å². The van der Waals surface area contributed by atoms with Crippen molar-refractivity contribution in [3.8, 4) is 17.2 Å². The van der Waals surface area contributed by atoms with Crippen LogP contribution in [0.5, 0.6) is 17.2 Å². The Morgan fingerprint density at radius 3 is 2.50 bits per heavy atom. The molecule has 0 aliphatic heterocycles. The molecule has 124 valence electrons. The van der Waals surface area contributed by atoms with Gasteiger partial charge in [0.1, 0.15) is 5.75 Å². The average molecular weight is 336 g/mol. The van der Waals surface area contributed by atoms with E-state index >= 15 is 0 Å². The molecule has 0 fully saturated rings. The lowest BCUT2D eigenvalue weighted by Gasteiger charge is -2.09. The first-order valence-corrected chi connectivity index (χ1v) is 6.89. The topological polar surface area (TPSA) is 66.8 Å². The molecule has 0 radical (unpaired) electrons. The van der Waals surface area contributed by atoms with E-state index in [1.807, 2.05) is 0 Å². The van der Waals surface area contributed by atoms with Crippen molar-refractivity contribution in [1.29, 1.82) is 0 Å². The average Bonchev–Trinajstić information content (AvgIpc) is 2.75. The molecule has 0 atom stereocenters. The molecular weight excluding hydrogens is 325 g/mol. The van der Waals surface area contributed by atoms with Gasteiger partial charge in [-0.25, -0.2) is 0 Å². The van der Waals surface area contributed by atoms with Crippen LogP contribution in [0.3, 0.4) is 0 Å². The lowest BCUT2D eigenvalue weighted by atomic mass is 10.1. The number of allylic oxidation sites excluding steroid dienone is 1. The van der Waals surface area contributed by atoms with Crippen LogP contribution >= 0.6 is 0 Å². The van der Waals surface area contributed by atoms with Crippen LogP contribution in [0.2, 0.25) is 0 Å². The van der Waals surface area contributed by atoms with Crippen LogP contribution in [0.4, 0.5) is 13.2 Å². The minimum absolute atomic E-state index is 0.215. The van der Waals surface area contributed by atoms with Crippen LogP contribution in [0.1, 0.15) is 21.5 Å². The maximum atomic E-state index is 12.3. The number of halogens is 3. The van der Waals surface area contributed by atoms with E-state index in [1.165, 1.54) is 30.3 Å². The lowest BCUT2D eigenvalue weighted by Crippen LogP contribution is -2.17.